The topological polar surface area (TPSA) is 59.6 Å². The third-order valence-electron chi connectivity index (χ3n) is 4.65. The van der Waals surface area contributed by atoms with Gasteiger partial charge in [-0.25, -0.2) is 0 Å². The summed E-state index contributed by atoms with van der Waals surface area (Å²) in [6, 6.07) is 6.26. The van der Waals surface area contributed by atoms with Crippen molar-refractivity contribution in [3.8, 4) is 5.75 Å². The van der Waals surface area contributed by atoms with Gasteiger partial charge in [0.15, 0.2) is 0 Å². The van der Waals surface area contributed by atoms with Crippen LogP contribution in [0.5, 0.6) is 5.75 Å². The van der Waals surface area contributed by atoms with Crippen LogP contribution >= 0.6 is 0 Å². The van der Waals surface area contributed by atoms with Gasteiger partial charge in [0.25, 0.3) is 0 Å². The lowest BCUT2D eigenvalue weighted by Crippen LogP contribution is -2.24. The molecule has 1 aromatic rings. The average Bonchev–Trinajstić information content (AvgIpc) is 2.51. The van der Waals surface area contributed by atoms with Crippen LogP contribution in [0.4, 0.5) is 5.69 Å². The van der Waals surface area contributed by atoms with E-state index in [1.807, 2.05) is 20.9 Å². The zero-order chi connectivity index (χ0) is 16.4. The van der Waals surface area contributed by atoms with Crippen molar-refractivity contribution in [3.05, 3.63) is 40.6 Å². The summed E-state index contributed by atoms with van der Waals surface area (Å²) in [5.41, 5.74) is 12.2. The van der Waals surface area contributed by atoms with Crippen molar-refractivity contribution >= 4 is 17.5 Å². The second-order valence-electron chi connectivity index (χ2n) is 6.32. The Morgan fingerprint density at radius 1 is 1.30 bits per heavy atom. The fourth-order valence-electron chi connectivity index (χ4n) is 2.89. The van der Waals surface area contributed by atoms with Crippen molar-refractivity contribution in [3.63, 3.8) is 0 Å². The van der Waals surface area contributed by atoms with E-state index in [2.05, 4.69) is 34.6 Å². The summed E-state index contributed by atoms with van der Waals surface area (Å²) in [7, 11) is 1.81. The van der Waals surface area contributed by atoms with E-state index in [1.54, 1.807) is 0 Å². The summed E-state index contributed by atoms with van der Waals surface area (Å²) in [6.07, 6.45) is 6.23. The molecule has 1 aromatic carbocycles. The first-order chi connectivity index (χ1) is 11.1. The van der Waals surface area contributed by atoms with Crippen LogP contribution < -0.4 is 15.8 Å². The lowest BCUT2D eigenvalue weighted by molar-refractivity contribution is 0.120. The van der Waals surface area contributed by atoms with Gasteiger partial charge in [0.2, 0.25) is 0 Å². The first-order valence-electron chi connectivity index (χ1n) is 8.24. The molecule has 0 amide bonds. The molecule has 0 atom stereocenters. The summed E-state index contributed by atoms with van der Waals surface area (Å²) in [5, 5.41) is 3.48. The van der Waals surface area contributed by atoms with E-state index in [0.29, 0.717) is 6.10 Å². The molecule has 4 nitrogen and oxygen atoms in total. The normalized spacial score (nSPS) is 19.1. The minimum absolute atomic E-state index is 0.405. The Bertz CT molecular complexity index is 693. The molecular formula is C19H25N3O. The number of hydrogen-bond donors (Lipinski definition) is 2. The molecule has 0 unspecified atom stereocenters. The van der Waals surface area contributed by atoms with Crippen LogP contribution in [0, 0.1) is 0 Å². The number of hydrogen-bond acceptors (Lipinski definition) is 4. The molecule has 1 fully saturated rings. The van der Waals surface area contributed by atoms with Crippen LogP contribution in [-0.2, 0) is 0 Å². The fraction of sp³-hybridized carbons (Fsp3) is 0.421. The maximum Gasteiger partial charge on any atom is 0.121 e. The molecule has 1 heterocycles. The van der Waals surface area contributed by atoms with Gasteiger partial charge in [-0.3, -0.25) is 4.99 Å². The zero-order valence-electron chi connectivity index (χ0n) is 14.1. The van der Waals surface area contributed by atoms with Gasteiger partial charge in [0.05, 0.1) is 11.8 Å². The second kappa shape index (κ2) is 6.49. The Morgan fingerprint density at radius 2 is 2.09 bits per heavy atom. The van der Waals surface area contributed by atoms with Crippen LogP contribution in [0.2, 0.25) is 0 Å². The summed E-state index contributed by atoms with van der Waals surface area (Å²) in [6.45, 7) is 4.68. The van der Waals surface area contributed by atoms with Gasteiger partial charge >= 0.3 is 0 Å². The van der Waals surface area contributed by atoms with E-state index in [0.717, 1.165) is 46.1 Å². The largest absolute Gasteiger partial charge is 0.490 e. The first-order valence-corrected chi connectivity index (χ1v) is 8.24. The number of allylic oxidation sites excluding steroid dienone is 2. The van der Waals surface area contributed by atoms with Crippen LogP contribution in [0.25, 0.3) is 6.08 Å². The maximum atomic E-state index is 5.97. The molecule has 2 aliphatic rings. The van der Waals surface area contributed by atoms with E-state index < -0.39 is 0 Å². The monoisotopic (exact) mass is 311 g/mol. The quantitative estimate of drug-likeness (QED) is 0.833. The Kier molecular flexibility index (Phi) is 4.42. The number of nitrogens with two attached hydrogens (primary N) is 1. The Balaban J connectivity index is 1.84. The second-order valence-corrected chi connectivity index (χ2v) is 6.32. The molecule has 23 heavy (non-hydrogen) atoms. The zero-order valence-corrected chi connectivity index (χ0v) is 14.1. The molecular weight excluding hydrogens is 286 g/mol. The van der Waals surface area contributed by atoms with Crippen molar-refractivity contribution in [2.24, 2.45) is 10.7 Å². The molecule has 0 bridgehead atoms. The Morgan fingerprint density at radius 3 is 2.70 bits per heavy atom. The summed E-state index contributed by atoms with van der Waals surface area (Å²) < 4.78 is 5.97. The van der Waals surface area contributed by atoms with Gasteiger partial charge in [-0.15, -0.1) is 0 Å². The molecule has 122 valence electrons. The molecule has 3 N–H and O–H groups in total. The lowest BCUT2D eigenvalue weighted by Gasteiger charge is -2.27. The highest BCUT2D eigenvalue weighted by atomic mass is 16.5. The summed E-state index contributed by atoms with van der Waals surface area (Å²) in [4.78, 5) is 4.43. The van der Waals surface area contributed by atoms with E-state index >= 15 is 0 Å². The molecule has 0 radical (unpaired) electrons. The fourth-order valence-corrected chi connectivity index (χ4v) is 2.89. The number of fused-ring (bicyclic) bond motifs is 1. The molecule has 3 rings (SSSR count). The molecule has 1 aliphatic heterocycles. The van der Waals surface area contributed by atoms with Gasteiger partial charge in [-0.05, 0) is 68.0 Å². The SMILES string of the molecule is CN=C(C1=Cc2ccc(OC3CCC3)cc2NC1)/C(C)=C(\C)N. The summed E-state index contributed by atoms with van der Waals surface area (Å²) >= 11 is 0. The predicted molar refractivity (Wildman–Crippen MR) is 97.1 cm³/mol. The number of anilines is 1. The van der Waals surface area contributed by atoms with Crippen molar-refractivity contribution in [1.82, 2.24) is 0 Å². The highest BCUT2D eigenvalue weighted by molar-refractivity contribution is 6.16. The summed E-state index contributed by atoms with van der Waals surface area (Å²) in [5.74, 6) is 0.955. The molecule has 0 saturated heterocycles. The first kappa shape index (κ1) is 15.7. The number of benzene rings is 1. The van der Waals surface area contributed by atoms with E-state index in [1.165, 1.54) is 19.3 Å². The van der Waals surface area contributed by atoms with E-state index in [4.69, 9.17) is 10.5 Å². The molecule has 0 aromatic heterocycles. The number of nitrogens with one attached hydrogen (secondary N) is 1. The standard InChI is InChI=1S/C19H25N3O/c1-12(13(2)20)19(21-3)15-9-14-7-8-17(10-18(14)22-11-15)23-16-5-4-6-16/h7-10,16,22H,4-6,11,20H2,1-3H3/b13-12+,21-19?. The van der Waals surface area contributed by atoms with Gasteiger partial charge in [-0.1, -0.05) is 0 Å². The van der Waals surface area contributed by atoms with E-state index in [9.17, 15) is 0 Å². The maximum absolute atomic E-state index is 5.97. The van der Waals surface area contributed by atoms with Gasteiger partial charge < -0.3 is 15.8 Å². The lowest BCUT2D eigenvalue weighted by atomic mass is 9.95. The Labute approximate surface area is 138 Å². The van der Waals surface area contributed by atoms with Crippen LogP contribution in [0.15, 0.2) is 40.0 Å². The van der Waals surface area contributed by atoms with Gasteiger partial charge in [0.1, 0.15) is 5.75 Å². The highest BCUT2D eigenvalue weighted by Crippen LogP contribution is 2.32. The van der Waals surface area contributed by atoms with Gasteiger partial charge in [-0.2, -0.15) is 0 Å². The number of rotatable bonds is 4. The third-order valence-corrected chi connectivity index (χ3v) is 4.65. The minimum atomic E-state index is 0.405. The van der Waals surface area contributed by atoms with Crippen molar-refractivity contribution in [1.29, 1.82) is 0 Å². The van der Waals surface area contributed by atoms with Crippen molar-refractivity contribution < 1.29 is 4.74 Å². The van der Waals surface area contributed by atoms with Crippen LogP contribution in [0.3, 0.4) is 0 Å². The van der Waals surface area contributed by atoms with Crippen LogP contribution in [-0.4, -0.2) is 25.4 Å². The van der Waals surface area contributed by atoms with E-state index in [-0.39, 0.29) is 0 Å². The number of ether oxygens (including phenoxy) is 1. The smallest absolute Gasteiger partial charge is 0.121 e. The average molecular weight is 311 g/mol. The molecule has 0 spiro atoms. The highest BCUT2D eigenvalue weighted by Gasteiger charge is 2.20. The number of nitrogens with zero attached hydrogens (tertiary/aromatic N) is 1. The number of aliphatic imine (C=N–C) groups is 1. The van der Waals surface area contributed by atoms with Crippen molar-refractivity contribution in [2.75, 3.05) is 18.9 Å². The predicted octanol–water partition coefficient (Wildman–Crippen LogP) is 3.75. The minimum Gasteiger partial charge on any atom is -0.490 e. The Hall–Kier alpha value is -2.23. The molecule has 1 aliphatic carbocycles. The van der Waals surface area contributed by atoms with Gasteiger partial charge in [0, 0.05) is 31.0 Å². The van der Waals surface area contributed by atoms with Crippen molar-refractivity contribution in [2.45, 2.75) is 39.2 Å². The third kappa shape index (κ3) is 3.26. The molecule has 1 saturated carbocycles. The molecule has 4 heteroatoms. The van der Waals surface area contributed by atoms with Crippen LogP contribution in [0.1, 0.15) is 38.7 Å².